The lowest BCUT2D eigenvalue weighted by Gasteiger charge is -2.11. The normalized spacial score (nSPS) is 10.8. The molecule has 3 aromatic carbocycles. The first-order valence-corrected chi connectivity index (χ1v) is 11.5. The van der Waals surface area contributed by atoms with Crippen molar-refractivity contribution in [3.63, 3.8) is 0 Å². The molecule has 3 rings (SSSR count). The number of nitro groups is 1. The van der Waals surface area contributed by atoms with Gasteiger partial charge in [-0.15, -0.1) is 0 Å². The third-order valence-electron chi connectivity index (χ3n) is 4.88. The van der Waals surface area contributed by atoms with Gasteiger partial charge in [0.25, 0.3) is 11.6 Å². The van der Waals surface area contributed by atoms with E-state index in [-0.39, 0.29) is 40.3 Å². The molecule has 0 aromatic heterocycles. The van der Waals surface area contributed by atoms with E-state index in [4.69, 9.17) is 32.7 Å². The van der Waals surface area contributed by atoms with E-state index in [0.717, 1.165) is 0 Å². The lowest BCUT2D eigenvalue weighted by Crippen LogP contribution is -2.13. The molecule has 188 valence electrons. The van der Waals surface area contributed by atoms with Gasteiger partial charge in [-0.25, -0.2) is 4.79 Å². The molecule has 0 radical (unpaired) electrons. The number of rotatable bonds is 9. The zero-order valence-electron chi connectivity index (χ0n) is 19.4. The van der Waals surface area contributed by atoms with Gasteiger partial charge in [0.1, 0.15) is 18.2 Å². The van der Waals surface area contributed by atoms with Gasteiger partial charge in [-0.05, 0) is 72.7 Å². The molecule has 0 aliphatic rings. The predicted molar refractivity (Wildman–Crippen MR) is 139 cm³/mol. The highest BCUT2D eigenvalue weighted by atomic mass is 35.5. The Bertz CT molecular complexity index is 1370. The Morgan fingerprint density at radius 2 is 1.70 bits per heavy atom. The van der Waals surface area contributed by atoms with Crippen LogP contribution < -0.4 is 10.1 Å². The first-order chi connectivity index (χ1) is 17.7. The highest BCUT2D eigenvalue weighted by Gasteiger charge is 2.14. The zero-order valence-corrected chi connectivity index (χ0v) is 20.9. The van der Waals surface area contributed by atoms with E-state index >= 15 is 0 Å². The van der Waals surface area contributed by atoms with Crippen molar-refractivity contribution >= 4 is 52.5 Å². The Morgan fingerprint density at radius 1 is 1.08 bits per heavy atom. The molecule has 0 saturated heterocycles. The molecule has 0 fully saturated rings. The molecule has 0 aliphatic carbocycles. The number of non-ortho nitro benzene ring substituents is 1. The molecule has 0 saturated carbocycles. The molecule has 0 atom stereocenters. The third kappa shape index (κ3) is 7.30. The molecular formula is C26H19Cl2N3O6. The molecule has 0 heterocycles. The predicted octanol–water partition coefficient (Wildman–Crippen LogP) is 6.20. The second kappa shape index (κ2) is 12.5. The van der Waals surface area contributed by atoms with Crippen molar-refractivity contribution in [1.29, 1.82) is 5.26 Å². The van der Waals surface area contributed by atoms with Crippen LogP contribution in [0.1, 0.15) is 28.4 Å². The second-order valence-electron chi connectivity index (χ2n) is 7.45. The standard InChI is InChI=1S/C26H19Cl2N3O6/c1-2-36-26(33)18-5-7-20(8-6-18)30-25(32)19(14-29)11-17-12-22(27)24(23(28)13-17)37-15-16-3-9-21(10-4-16)31(34)35/h3-13H,2,15H2,1H3,(H,30,32)/b19-11+. The van der Waals surface area contributed by atoms with E-state index in [2.05, 4.69) is 5.32 Å². The Kier molecular flexibility index (Phi) is 9.21. The number of nitriles is 1. The number of halogens is 2. The Morgan fingerprint density at radius 3 is 2.24 bits per heavy atom. The smallest absolute Gasteiger partial charge is 0.338 e. The minimum Gasteiger partial charge on any atom is -0.486 e. The Labute approximate surface area is 222 Å². The number of nitrogens with one attached hydrogen (secondary N) is 1. The number of hydrogen-bond donors (Lipinski definition) is 1. The van der Waals surface area contributed by atoms with Crippen molar-refractivity contribution in [3.05, 3.63) is 103 Å². The molecule has 0 unspecified atom stereocenters. The van der Waals surface area contributed by atoms with Crippen molar-refractivity contribution in [2.75, 3.05) is 11.9 Å². The summed E-state index contributed by atoms with van der Waals surface area (Å²) in [5.74, 6) is -0.965. The second-order valence-corrected chi connectivity index (χ2v) is 8.26. The number of carbonyl (C=O) groups is 2. The van der Waals surface area contributed by atoms with E-state index in [0.29, 0.717) is 22.4 Å². The van der Waals surface area contributed by atoms with Gasteiger partial charge in [0, 0.05) is 17.8 Å². The molecule has 9 nitrogen and oxygen atoms in total. The van der Waals surface area contributed by atoms with Crippen LogP contribution in [0.4, 0.5) is 11.4 Å². The summed E-state index contributed by atoms with van der Waals surface area (Å²) < 4.78 is 10.6. The highest BCUT2D eigenvalue weighted by Crippen LogP contribution is 2.35. The van der Waals surface area contributed by atoms with Gasteiger partial charge in [0.05, 0.1) is 27.1 Å². The van der Waals surface area contributed by atoms with Gasteiger partial charge >= 0.3 is 5.97 Å². The van der Waals surface area contributed by atoms with Crippen molar-refractivity contribution in [3.8, 4) is 11.8 Å². The molecule has 11 heteroatoms. The maximum absolute atomic E-state index is 12.6. The summed E-state index contributed by atoms with van der Waals surface area (Å²) in [7, 11) is 0. The van der Waals surface area contributed by atoms with Crippen LogP contribution in [0.3, 0.4) is 0 Å². The largest absolute Gasteiger partial charge is 0.486 e. The van der Waals surface area contributed by atoms with Crippen LogP contribution in [0.15, 0.2) is 66.2 Å². The number of hydrogen-bond acceptors (Lipinski definition) is 7. The summed E-state index contributed by atoms with van der Waals surface area (Å²) in [6, 6.07) is 16.7. The number of benzene rings is 3. The summed E-state index contributed by atoms with van der Waals surface area (Å²) in [5.41, 5.74) is 1.52. The van der Waals surface area contributed by atoms with Crippen molar-refractivity contribution < 1.29 is 24.0 Å². The van der Waals surface area contributed by atoms with Gasteiger partial charge in [-0.1, -0.05) is 23.2 Å². The molecule has 1 amide bonds. The molecule has 37 heavy (non-hydrogen) atoms. The number of ether oxygens (including phenoxy) is 2. The van der Waals surface area contributed by atoms with Crippen LogP contribution >= 0.6 is 23.2 Å². The average molecular weight is 540 g/mol. The van der Waals surface area contributed by atoms with Gasteiger partial charge in [-0.3, -0.25) is 14.9 Å². The van der Waals surface area contributed by atoms with Crippen molar-refractivity contribution in [2.24, 2.45) is 0 Å². The van der Waals surface area contributed by atoms with E-state index in [1.54, 1.807) is 19.1 Å². The number of esters is 1. The summed E-state index contributed by atoms with van der Waals surface area (Å²) in [4.78, 5) is 34.6. The van der Waals surface area contributed by atoms with Gasteiger partial charge in [0.2, 0.25) is 0 Å². The molecule has 0 spiro atoms. The molecule has 1 N–H and O–H groups in total. The van der Waals surface area contributed by atoms with Gasteiger partial charge in [-0.2, -0.15) is 5.26 Å². The summed E-state index contributed by atoms with van der Waals surface area (Å²) in [6.07, 6.45) is 1.32. The topological polar surface area (TPSA) is 132 Å². The lowest BCUT2D eigenvalue weighted by molar-refractivity contribution is -0.384. The molecule has 3 aromatic rings. The number of carbonyl (C=O) groups excluding carboxylic acids is 2. The van der Waals surface area contributed by atoms with E-state index in [9.17, 15) is 25.0 Å². The van der Waals surface area contributed by atoms with Crippen molar-refractivity contribution in [1.82, 2.24) is 0 Å². The van der Waals surface area contributed by atoms with E-state index in [1.807, 2.05) is 6.07 Å². The van der Waals surface area contributed by atoms with Gasteiger partial charge < -0.3 is 14.8 Å². The lowest BCUT2D eigenvalue weighted by atomic mass is 10.1. The Hall–Kier alpha value is -4.39. The zero-order chi connectivity index (χ0) is 26.9. The maximum atomic E-state index is 12.6. The molecule has 0 bridgehead atoms. The monoisotopic (exact) mass is 539 g/mol. The number of anilines is 1. The fourth-order valence-corrected chi connectivity index (χ4v) is 3.70. The average Bonchev–Trinajstić information content (AvgIpc) is 2.87. The molecular weight excluding hydrogens is 521 g/mol. The van der Waals surface area contributed by atoms with Gasteiger partial charge in [0.15, 0.2) is 5.75 Å². The number of nitrogens with zero attached hydrogens (tertiary/aromatic N) is 2. The SMILES string of the molecule is CCOC(=O)c1ccc(NC(=O)/C(C#N)=C/c2cc(Cl)c(OCc3ccc([N+](=O)[O-])cc3)c(Cl)c2)cc1. The van der Waals surface area contributed by atoms with E-state index < -0.39 is 16.8 Å². The van der Waals surface area contributed by atoms with Crippen LogP contribution in [-0.2, 0) is 16.1 Å². The van der Waals surface area contributed by atoms with Crippen LogP contribution in [0.25, 0.3) is 6.08 Å². The summed E-state index contributed by atoms with van der Waals surface area (Å²) in [5, 5.41) is 23.1. The number of amides is 1. The van der Waals surface area contributed by atoms with E-state index in [1.165, 1.54) is 54.6 Å². The van der Waals surface area contributed by atoms with Crippen molar-refractivity contribution in [2.45, 2.75) is 13.5 Å². The van der Waals surface area contributed by atoms with Crippen LogP contribution in [-0.4, -0.2) is 23.4 Å². The van der Waals surface area contributed by atoms with Crippen LogP contribution in [0.2, 0.25) is 10.0 Å². The molecule has 0 aliphatic heterocycles. The minimum atomic E-state index is -0.669. The summed E-state index contributed by atoms with van der Waals surface area (Å²) in [6.45, 7) is 2.01. The third-order valence-corrected chi connectivity index (χ3v) is 5.44. The highest BCUT2D eigenvalue weighted by molar-refractivity contribution is 6.37. The quantitative estimate of drug-likeness (QED) is 0.112. The maximum Gasteiger partial charge on any atom is 0.338 e. The number of nitro benzene ring substituents is 1. The van der Waals surface area contributed by atoms with Crippen LogP contribution in [0.5, 0.6) is 5.75 Å². The summed E-state index contributed by atoms with van der Waals surface area (Å²) >= 11 is 12.6. The fourth-order valence-electron chi connectivity index (χ4n) is 3.09. The Balaban J connectivity index is 1.70. The van der Waals surface area contributed by atoms with Crippen LogP contribution in [0, 0.1) is 21.4 Å². The first kappa shape index (κ1) is 27.2. The fraction of sp³-hybridized carbons (Fsp3) is 0.115. The minimum absolute atomic E-state index is 0.0398. The first-order valence-electron chi connectivity index (χ1n) is 10.8.